The monoisotopic (exact) mass is 525 g/mol. The molecule has 7 rings (SSSR count). The Labute approximate surface area is 225 Å². The zero-order chi connectivity index (χ0) is 25.5. The van der Waals surface area contributed by atoms with Gasteiger partial charge in [-0.15, -0.1) is 0 Å². The van der Waals surface area contributed by atoms with Gasteiger partial charge in [-0.2, -0.15) is 0 Å². The molecule has 6 atom stereocenters. The van der Waals surface area contributed by atoms with E-state index in [1.807, 2.05) is 71.6 Å². The fourth-order valence-corrected chi connectivity index (χ4v) is 6.84. The van der Waals surface area contributed by atoms with Gasteiger partial charge in [-0.05, 0) is 28.5 Å². The largest absolute Gasteiger partial charge is 0.441 e. The molecule has 0 aliphatic carbocycles. The molecule has 7 heteroatoms. The first-order valence-corrected chi connectivity index (χ1v) is 13.8. The van der Waals surface area contributed by atoms with Crippen molar-refractivity contribution in [2.24, 2.45) is 0 Å². The maximum absolute atomic E-state index is 13.5. The van der Waals surface area contributed by atoms with Gasteiger partial charge in [0.05, 0.1) is 13.2 Å². The molecule has 4 aromatic rings. The lowest BCUT2D eigenvalue weighted by molar-refractivity contribution is -0.303. The van der Waals surface area contributed by atoms with Crippen LogP contribution in [0.2, 0.25) is 0 Å². The van der Waals surface area contributed by atoms with Gasteiger partial charge >= 0.3 is 6.09 Å². The molecule has 3 heterocycles. The maximum atomic E-state index is 13.5. The van der Waals surface area contributed by atoms with E-state index in [2.05, 4.69) is 36.4 Å². The number of hydrogen-bond donors (Lipinski definition) is 0. The van der Waals surface area contributed by atoms with Crippen LogP contribution in [0.3, 0.4) is 0 Å². The molecular formula is C31H27NO5S. The van der Waals surface area contributed by atoms with Crippen molar-refractivity contribution in [2.75, 3.05) is 6.61 Å². The number of hydrogen-bond acceptors (Lipinski definition) is 6. The Morgan fingerprint density at radius 1 is 0.789 bits per heavy atom. The van der Waals surface area contributed by atoms with Crippen LogP contribution in [0.15, 0.2) is 108 Å². The molecule has 0 bridgehead atoms. The number of amides is 1. The van der Waals surface area contributed by atoms with Crippen molar-refractivity contribution >= 4 is 28.6 Å². The molecule has 3 fully saturated rings. The highest BCUT2D eigenvalue weighted by Crippen LogP contribution is 2.44. The van der Waals surface area contributed by atoms with Crippen LogP contribution in [0.25, 0.3) is 10.8 Å². The minimum atomic E-state index is -0.536. The number of fused-ring (bicyclic) bond motifs is 4. The summed E-state index contributed by atoms with van der Waals surface area (Å²) in [5, 5.41) is 2.27. The lowest BCUT2D eigenvalue weighted by Gasteiger charge is -2.47. The third kappa shape index (κ3) is 4.35. The number of thioether (sulfide) groups is 1. The summed E-state index contributed by atoms with van der Waals surface area (Å²) in [7, 11) is 0. The van der Waals surface area contributed by atoms with Crippen LogP contribution in [0, 0.1) is 0 Å². The third-order valence-electron chi connectivity index (χ3n) is 7.43. The summed E-state index contributed by atoms with van der Waals surface area (Å²) in [5.74, 6) is 0. The number of carbonyl (C=O) groups is 1. The zero-order valence-corrected chi connectivity index (χ0v) is 21.4. The summed E-state index contributed by atoms with van der Waals surface area (Å²) in [6.45, 7) is 0.784. The Balaban J connectivity index is 1.22. The van der Waals surface area contributed by atoms with E-state index in [0.29, 0.717) is 13.2 Å². The average molecular weight is 526 g/mol. The highest BCUT2D eigenvalue weighted by atomic mass is 32.2. The molecule has 1 amide bonds. The Hall–Kier alpha value is -3.36. The lowest BCUT2D eigenvalue weighted by Crippen LogP contribution is -2.62. The lowest BCUT2D eigenvalue weighted by atomic mass is 9.96. The maximum Gasteiger partial charge on any atom is 0.411 e. The fraction of sp³-hybridized carbons (Fsp3) is 0.258. The van der Waals surface area contributed by atoms with E-state index < -0.39 is 18.5 Å². The number of carbonyl (C=O) groups excluding carboxylic acids is 1. The SMILES string of the molecule is O=C1O[C@H]2[C@@H]3OC(c4ccccc4)OC[C@H]3O[C@@H](Sc3ccccc3)[C@@H]2N1Cc1cccc2ccccc12. The van der Waals surface area contributed by atoms with Crippen molar-refractivity contribution in [3.8, 4) is 0 Å². The molecule has 4 aromatic carbocycles. The molecule has 0 spiro atoms. The molecule has 0 N–H and O–H groups in total. The topological polar surface area (TPSA) is 57.2 Å². The van der Waals surface area contributed by atoms with Gasteiger partial charge in [0.25, 0.3) is 0 Å². The number of benzene rings is 4. The molecule has 3 aliphatic heterocycles. The van der Waals surface area contributed by atoms with Crippen LogP contribution in [0.5, 0.6) is 0 Å². The van der Waals surface area contributed by atoms with Gasteiger partial charge in [-0.1, -0.05) is 103 Å². The van der Waals surface area contributed by atoms with Gasteiger partial charge in [0, 0.05) is 10.5 Å². The number of nitrogens with zero attached hydrogens (tertiary/aromatic N) is 1. The summed E-state index contributed by atoms with van der Waals surface area (Å²) >= 11 is 1.61. The van der Waals surface area contributed by atoms with Crippen LogP contribution in [0.4, 0.5) is 4.79 Å². The molecular weight excluding hydrogens is 498 g/mol. The second-order valence-corrected chi connectivity index (χ2v) is 10.9. The highest BCUT2D eigenvalue weighted by Gasteiger charge is 2.58. The second kappa shape index (κ2) is 10.1. The van der Waals surface area contributed by atoms with E-state index in [1.54, 1.807) is 11.8 Å². The van der Waals surface area contributed by atoms with Crippen LogP contribution >= 0.6 is 11.8 Å². The summed E-state index contributed by atoms with van der Waals surface area (Å²) in [4.78, 5) is 16.3. The zero-order valence-electron chi connectivity index (χ0n) is 20.6. The quantitative estimate of drug-likeness (QED) is 0.311. The van der Waals surface area contributed by atoms with Crippen LogP contribution < -0.4 is 0 Å². The minimum absolute atomic E-state index is 0.331. The van der Waals surface area contributed by atoms with Crippen LogP contribution in [-0.4, -0.2) is 47.4 Å². The molecule has 0 saturated carbocycles. The Morgan fingerprint density at radius 3 is 2.37 bits per heavy atom. The molecule has 0 radical (unpaired) electrons. The summed E-state index contributed by atoms with van der Waals surface area (Å²) in [5.41, 5.74) is 1.66. The van der Waals surface area contributed by atoms with Gasteiger partial charge in [-0.3, -0.25) is 4.90 Å². The molecule has 3 aliphatic rings. The standard InChI is InChI=1S/C31H27NO5S/c33-31-32(18-22-14-9-13-20-10-7-8-17-24(20)22)26-28(37-31)27-25(35-30(26)38-23-15-5-2-6-16-23)19-34-29(36-27)21-11-3-1-4-12-21/h1-17,25-30H,18-19H2/t25-,26-,27-,28-,29?,30+/m1/s1. The Morgan fingerprint density at radius 2 is 1.53 bits per heavy atom. The third-order valence-corrected chi connectivity index (χ3v) is 8.59. The van der Waals surface area contributed by atoms with Crippen molar-refractivity contribution in [1.29, 1.82) is 0 Å². The first kappa shape index (κ1) is 23.7. The normalized spacial score (nSPS) is 28.5. The first-order chi connectivity index (χ1) is 18.7. The Bertz CT molecular complexity index is 1430. The smallest absolute Gasteiger partial charge is 0.411 e. The van der Waals surface area contributed by atoms with Gasteiger partial charge in [0.15, 0.2) is 12.4 Å². The molecule has 192 valence electrons. The average Bonchev–Trinajstić information content (AvgIpc) is 3.30. The van der Waals surface area contributed by atoms with Crippen molar-refractivity contribution in [3.63, 3.8) is 0 Å². The van der Waals surface area contributed by atoms with E-state index in [-0.39, 0.29) is 23.7 Å². The highest BCUT2D eigenvalue weighted by molar-refractivity contribution is 7.99. The van der Waals surface area contributed by atoms with Crippen molar-refractivity contribution in [3.05, 3.63) is 114 Å². The van der Waals surface area contributed by atoms with E-state index in [9.17, 15) is 4.79 Å². The number of ether oxygens (including phenoxy) is 4. The van der Waals surface area contributed by atoms with E-state index in [1.165, 1.54) is 0 Å². The predicted molar refractivity (Wildman–Crippen MR) is 145 cm³/mol. The van der Waals surface area contributed by atoms with E-state index in [0.717, 1.165) is 26.8 Å². The van der Waals surface area contributed by atoms with Gasteiger partial charge < -0.3 is 18.9 Å². The van der Waals surface area contributed by atoms with Gasteiger partial charge in [0.2, 0.25) is 0 Å². The molecule has 38 heavy (non-hydrogen) atoms. The summed E-state index contributed by atoms with van der Waals surface area (Å²) < 4.78 is 25.2. The van der Waals surface area contributed by atoms with E-state index >= 15 is 0 Å². The van der Waals surface area contributed by atoms with Crippen LogP contribution in [0.1, 0.15) is 17.4 Å². The molecule has 0 aromatic heterocycles. The van der Waals surface area contributed by atoms with Crippen LogP contribution in [-0.2, 0) is 25.5 Å². The first-order valence-electron chi connectivity index (χ1n) is 12.9. The van der Waals surface area contributed by atoms with Gasteiger partial charge in [-0.25, -0.2) is 4.79 Å². The molecule has 6 nitrogen and oxygen atoms in total. The summed E-state index contributed by atoms with van der Waals surface area (Å²) in [6, 6.07) is 34.1. The predicted octanol–water partition coefficient (Wildman–Crippen LogP) is 6.16. The minimum Gasteiger partial charge on any atom is -0.441 e. The van der Waals surface area contributed by atoms with Crippen molar-refractivity contribution in [1.82, 2.24) is 4.90 Å². The van der Waals surface area contributed by atoms with Gasteiger partial charge in [0.1, 0.15) is 23.7 Å². The fourth-order valence-electron chi connectivity index (χ4n) is 5.62. The number of rotatable bonds is 5. The van der Waals surface area contributed by atoms with Crippen molar-refractivity contribution in [2.45, 2.75) is 47.5 Å². The molecule has 1 unspecified atom stereocenters. The van der Waals surface area contributed by atoms with E-state index in [4.69, 9.17) is 18.9 Å². The Kier molecular flexibility index (Phi) is 6.29. The van der Waals surface area contributed by atoms with Crippen molar-refractivity contribution < 1.29 is 23.7 Å². The summed E-state index contributed by atoms with van der Waals surface area (Å²) in [6.07, 6.45) is -2.14. The molecule has 3 saturated heterocycles. The second-order valence-electron chi connectivity index (χ2n) is 9.76.